The van der Waals surface area contributed by atoms with Crippen LogP contribution in [0.15, 0.2) is 209 Å². The molecular weight excluding hydrogens is 735 g/mol. The van der Waals surface area contributed by atoms with Gasteiger partial charge in [0.1, 0.15) is 22.4 Å². The van der Waals surface area contributed by atoms with Crippen molar-refractivity contribution in [1.82, 2.24) is 15.0 Å². The third-order valence-corrected chi connectivity index (χ3v) is 11.5. The lowest BCUT2D eigenvalue weighted by molar-refractivity contribution is 0.668. The molecule has 0 atom stereocenters. The summed E-state index contributed by atoms with van der Waals surface area (Å²) in [4.78, 5) is 15.6. The van der Waals surface area contributed by atoms with Gasteiger partial charge in [0.25, 0.3) is 0 Å². The average molecular weight is 768 g/mol. The summed E-state index contributed by atoms with van der Waals surface area (Å²) in [5, 5.41) is 5.44. The highest BCUT2D eigenvalue weighted by Gasteiger charge is 2.19. The van der Waals surface area contributed by atoms with Crippen LogP contribution in [0.3, 0.4) is 0 Å². The zero-order valence-corrected chi connectivity index (χ0v) is 32.2. The van der Waals surface area contributed by atoms with Crippen molar-refractivity contribution in [2.45, 2.75) is 0 Å². The number of furan rings is 2. The van der Waals surface area contributed by atoms with Crippen LogP contribution in [0.5, 0.6) is 0 Å². The maximum absolute atomic E-state index is 6.58. The molecule has 0 aliphatic carbocycles. The lowest BCUT2D eigenvalue weighted by atomic mass is 9.99. The predicted molar refractivity (Wildman–Crippen MR) is 245 cm³/mol. The summed E-state index contributed by atoms with van der Waals surface area (Å²) in [7, 11) is 0. The second-order valence-electron chi connectivity index (χ2n) is 15.1. The number of pyridine rings is 1. The zero-order valence-electron chi connectivity index (χ0n) is 32.2. The highest BCUT2D eigenvalue weighted by atomic mass is 16.3. The van der Waals surface area contributed by atoms with Gasteiger partial charge in [-0.2, -0.15) is 0 Å². The van der Waals surface area contributed by atoms with Gasteiger partial charge in [0.05, 0.1) is 16.9 Å². The third-order valence-electron chi connectivity index (χ3n) is 11.5. The largest absolute Gasteiger partial charge is 0.455 e. The molecule has 280 valence electrons. The van der Waals surface area contributed by atoms with E-state index in [-0.39, 0.29) is 0 Å². The number of aromatic nitrogens is 3. The van der Waals surface area contributed by atoms with Crippen molar-refractivity contribution in [2.24, 2.45) is 0 Å². The summed E-state index contributed by atoms with van der Waals surface area (Å²) in [6, 6.07) is 69.0. The first kappa shape index (κ1) is 33.9. The molecule has 0 amide bonds. The fraction of sp³-hybridized carbons (Fsp3) is 0. The maximum Gasteiger partial charge on any atom is 0.162 e. The number of nitrogens with zero attached hydrogens (tertiary/aromatic N) is 3. The Labute approximate surface area is 344 Å². The Morgan fingerprint density at radius 1 is 0.317 bits per heavy atom. The lowest BCUT2D eigenvalue weighted by Gasteiger charge is -2.11. The number of benzene rings is 8. The summed E-state index contributed by atoms with van der Waals surface area (Å²) < 4.78 is 12.9. The van der Waals surface area contributed by atoms with Gasteiger partial charge >= 0.3 is 0 Å². The van der Waals surface area contributed by atoms with Gasteiger partial charge in [0.15, 0.2) is 11.4 Å². The molecule has 0 N–H and O–H groups in total. The van der Waals surface area contributed by atoms with E-state index in [1.54, 1.807) is 0 Å². The van der Waals surface area contributed by atoms with E-state index in [1.165, 1.54) is 0 Å². The molecule has 12 aromatic rings. The summed E-state index contributed by atoms with van der Waals surface area (Å²) >= 11 is 0. The quantitative estimate of drug-likeness (QED) is 0.169. The Balaban J connectivity index is 0.954. The van der Waals surface area contributed by atoms with Gasteiger partial charge in [-0.3, -0.25) is 0 Å². The zero-order chi connectivity index (χ0) is 39.6. The van der Waals surface area contributed by atoms with Gasteiger partial charge in [-0.15, -0.1) is 0 Å². The molecule has 60 heavy (non-hydrogen) atoms. The Hall–Kier alpha value is -8.15. The fourth-order valence-corrected chi connectivity index (χ4v) is 8.55. The van der Waals surface area contributed by atoms with E-state index in [0.29, 0.717) is 5.82 Å². The predicted octanol–water partition coefficient (Wildman–Crippen LogP) is 14.8. The van der Waals surface area contributed by atoms with E-state index in [2.05, 4.69) is 152 Å². The van der Waals surface area contributed by atoms with Crippen LogP contribution in [0.2, 0.25) is 0 Å². The van der Waals surface area contributed by atoms with Crippen molar-refractivity contribution in [2.75, 3.05) is 0 Å². The van der Waals surface area contributed by atoms with Crippen molar-refractivity contribution in [3.05, 3.63) is 200 Å². The SMILES string of the molecule is c1ccc(-c2ccc3c(c2)nc(-c2ccc(-c4nc(-c5ccccc5)cc(-c5ccc(-c6cccc7c6oc6ccccc67)cc5)n4)cc2)c2oc4ccccc4c23)cc1. The molecule has 5 nitrogen and oxygen atoms in total. The minimum Gasteiger partial charge on any atom is -0.455 e. The molecule has 0 spiro atoms. The molecule has 0 radical (unpaired) electrons. The van der Waals surface area contributed by atoms with Crippen LogP contribution in [0, 0.1) is 0 Å². The summed E-state index contributed by atoms with van der Waals surface area (Å²) in [5.74, 6) is 0.641. The van der Waals surface area contributed by atoms with Crippen LogP contribution in [0.4, 0.5) is 0 Å². The topological polar surface area (TPSA) is 65.0 Å². The Morgan fingerprint density at radius 2 is 0.867 bits per heavy atom. The average Bonchev–Trinajstić information content (AvgIpc) is 3.91. The normalized spacial score (nSPS) is 11.7. The molecule has 5 heteroatoms. The fourth-order valence-electron chi connectivity index (χ4n) is 8.55. The molecule has 0 bridgehead atoms. The van der Waals surface area contributed by atoms with Crippen LogP contribution < -0.4 is 0 Å². The number of hydrogen-bond donors (Lipinski definition) is 0. The van der Waals surface area contributed by atoms with Crippen molar-refractivity contribution >= 4 is 54.8 Å². The van der Waals surface area contributed by atoms with E-state index in [0.717, 1.165) is 116 Å². The molecule has 4 aromatic heterocycles. The van der Waals surface area contributed by atoms with Crippen molar-refractivity contribution in [3.8, 4) is 67.4 Å². The van der Waals surface area contributed by atoms with Gasteiger partial charge in [-0.05, 0) is 41.0 Å². The molecule has 4 heterocycles. The third kappa shape index (κ3) is 5.67. The van der Waals surface area contributed by atoms with E-state index >= 15 is 0 Å². The maximum atomic E-state index is 6.58. The Morgan fingerprint density at radius 3 is 1.62 bits per heavy atom. The second kappa shape index (κ2) is 13.8. The van der Waals surface area contributed by atoms with Gasteiger partial charge in [-0.25, -0.2) is 15.0 Å². The van der Waals surface area contributed by atoms with Gasteiger partial charge in [0.2, 0.25) is 0 Å². The highest BCUT2D eigenvalue weighted by Crippen LogP contribution is 2.41. The summed E-state index contributed by atoms with van der Waals surface area (Å²) in [6.45, 7) is 0. The molecule has 0 aliphatic rings. The van der Waals surface area contributed by atoms with Crippen LogP contribution in [0.25, 0.3) is 122 Å². The van der Waals surface area contributed by atoms with Gasteiger partial charge in [-0.1, -0.05) is 176 Å². The summed E-state index contributed by atoms with van der Waals surface area (Å²) in [5.41, 5.74) is 15.1. The van der Waals surface area contributed by atoms with E-state index in [9.17, 15) is 0 Å². The number of para-hydroxylation sites is 3. The molecule has 0 unspecified atom stereocenters. The van der Waals surface area contributed by atoms with Crippen LogP contribution in [0.1, 0.15) is 0 Å². The molecule has 8 aromatic carbocycles. The highest BCUT2D eigenvalue weighted by molar-refractivity contribution is 6.21. The standard InChI is InChI=1S/C55H33N3O2/c1-3-12-34(13-4-1)40-30-31-44-48(32-40)56-52(54-51(44)45-17-8-10-21-50(45)60-54)38-26-28-39(29-27-38)55-57-46(36-14-5-2-6-15-36)33-47(58-55)37-24-22-35(23-25-37)41-18-11-19-43-42-16-7-9-20-49(42)59-53(41)43/h1-33H. The molecule has 0 saturated carbocycles. The lowest BCUT2D eigenvalue weighted by Crippen LogP contribution is -1.96. The minimum absolute atomic E-state index is 0.641. The van der Waals surface area contributed by atoms with E-state index in [1.807, 2.05) is 48.5 Å². The molecule has 0 fully saturated rings. The Bertz CT molecular complexity index is 3570. The number of fused-ring (bicyclic) bond motifs is 8. The van der Waals surface area contributed by atoms with Gasteiger partial charge in [0, 0.05) is 54.7 Å². The Kier molecular flexibility index (Phi) is 7.78. The molecule has 0 aliphatic heterocycles. The van der Waals surface area contributed by atoms with E-state index < -0.39 is 0 Å². The van der Waals surface area contributed by atoms with Crippen molar-refractivity contribution in [3.63, 3.8) is 0 Å². The van der Waals surface area contributed by atoms with Gasteiger partial charge < -0.3 is 8.83 Å². The first-order chi connectivity index (χ1) is 29.7. The first-order valence-electron chi connectivity index (χ1n) is 20.1. The van der Waals surface area contributed by atoms with Crippen molar-refractivity contribution < 1.29 is 8.83 Å². The van der Waals surface area contributed by atoms with Crippen molar-refractivity contribution in [1.29, 1.82) is 0 Å². The molecule has 12 rings (SSSR count). The monoisotopic (exact) mass is 767 g/mol. The van der Waals surface area contributed by atoms with Crippen LogP contribution in [-0.2, 0) is 0 Å². The first-order valence-corrected chi connectivity index (χ1v) is 20.1. The minimum atomic E-state index is 0.641. The number of rotatable bonds is 6. The molecule has 0 saturated heterocycles. The van der Waals surface area contributed by atoms with Crippen LogP contribution >= 0.6 is 0 Å². The molecular formula is C55H33N3O2. The smallest absolute Gasteiger partial charge is 0.162 e. The second-order valence-corrected chi connectivity index (χ2v) is 15.1. The van der Waals surface area contributed by atoms with E-state index in [4.69, 9.17) is 23.8 Å². The number of hydrogen-bond acceptors (Lipinski definition) is 5. The summed E-state index contributed by atoms with van der Waals surface area (Å²) in [6.07, 6.45) is 0. The van der Waals surface area contributed by atoms with Crippen LogP contribution in [-0.4, -0.2) is 15.0 Å².